The Labute approximate surface area is 112 Å². The summed E-state index contributed by atoms with van der Waals surface area (Å²) in [6.45, 7) is 1.29. The first kappa shape index (κ1) is 15.0. The predicted molar refractivity (Wildman–Crippen MR) is 69.7 cm³/mol. The Kier molecular flexibility index (Phi) is 5.36. The number of carboxylic acids is 1. The van der Waals surface area contributed by atoms with Gasteiger partial charge in [0, 0.05) is 0 Å². The monoisotopic (exact) mass is 266 g/mol. The third kappa shape index (κ3) is 3.98. The number of hydrogen-bond acceptors (Lipinski definition) is 4. The van der Waals surface area contributed by atoms with Crippen LogP contribution in [0.2, 0.25) is 0 Å². The summed E-state index contributed by atoms with van der Waals surface area (Å²) in [5.41, 5.74) is 0.828. The molecule has 0 radical (unpaired) electrons. The van der Waals surface area contributed by atoms with Gasteiger partial charge in [0.2, 0.25) is 0 Å². The number of carboxylic acid groups (broad SMARTS) is 1. The maximum Gasteiger partial charge on any atom is 0.314 e. The molecule has 1 N–H and O–H groups in total. The van der Waals surface area contributed by atoms with E-state index in [-0.39, 0.29) is 12.2 Å². The van der Waals surface area contributed by atoms with Crippen molar-refractivity contribution in [2.45, 2.75) is 19.8 Å². The van der Waals surface area contributed by atoms with Gasteiger partial charge >= 0.3 is 5.97 Å². The number of aryl methyl sites for hydroxylation is 1. The minimum Gasteiger partial charge on any atom is -0.497 e. The number of hydrogen-bond donors (Lipinski definition) is 1. The van der Waals surface area contributed by atoms with Gasteiger partial charge in [-0.2, -0.15) is 0 Å². The molecule has 0 saturated heterocycles. The van der Waals surface area contributed by atoms with Crippen LogP contribution in [0.15, 0.2) is 18.2 Å². The van der Waals surface area contributed by atoms with E-state index in [2.05, 4.69) is 0 Å². The van der Waals surface area contributed by atoms with Crippen LogP contribution in [0.3, 0.4) is 0 Å². The molecule has 0 spiro atoms. The number of ketones is 1. The number of methoxy groups -OCH3 is 2. The normalized spacial score (nSPS) is 11.7. The zero-order chi connectivity index (χ0) is 14.4. The minimum atomic E-state index is -1.09. The van der Waals surface area contributed by atoms with E-state index >= 15 is 0 Å². The van der Waals surface area contributed by atoms with Crippen molar-refractivity contribution in [2.24, 2.45) is 5.92 Å². The third-order valence-electron chi connectivity index (χ3n) is 2.98. The van der Waals surface area contributed by atoms with E-state index in [1.54, 1.807) is 32.4 Å². The first-order valence-corrected chi connectivity index (χ1v) is 5.93. The maximum absolute atomic E-state index is 11.2. The summed E-state index contributed by atoms with van der Waals surface area (Å²) in [6.07, 6.45) is 0.686. The highest BCUT2D eigenvalue weighted by atomic mass is 16.5. The Hall–Kier alpha value is -2.04. The van der Waals surface area contributed by atoms with Gasteiger partial charge in [-0.25, -0.2) is 0 Å². The van der Waals surface area contributed by atoms with Crippen LogP contribution < -0.4 is 9.47 Å². The summed E-state index contributed by atoms with van der Waals surface area (Å²) in [4.78, 5) is 22.2. The van der Waals surface area contributed by atoms with Crippen molar-refractivity contribution in [3.8, 4) is 11.5 Å². The van der Waals surface area contributed by atoms with Crippen LogP contribution in [0.25, 0.3) is 0 Å². The number of Topliss-reactive ketones (excluding diaryl/α,β-unsaturated/α-hetero) is 1. The molecule has 1 atom stereocenters. The van der Waals surface area contributed by atoms with Crippen molar-refractivity contribution >= 4 is 11.8 Å². The molecular formula is C14H18O5. The molecule has 0 aliphatic carbocycles. The fraction of sp³-hybridized carbons (Fsp3) is 0.429. The van der Waals surface area contributed by atoms with Gasteiger partial charge in [0.15, 0.2) is 0 Å². The van der Waals surface area contributed by atoms with E-state index in [4.69, 9.17) is 14.6 Å². The number of aliphatic carboxylic acids is 1. The van der Waals surface area contributed by atoms with Crippen LogP contribution in [-0.4, -0.2) is 31.1 Å². The zero-order valence-corrected chi connectivity index (χ0v) is 11.3. The molecule has 1 aromatic rings. The molecule has 0 amide bonds. The molecule has 1 rings (SSSR count). The topological polar surface area (TPSA) is 72.8 Å². The fourth-order valence-electron chi connectivity index (χ4n) is 1.88. The van der Waals surface area contributed by atoms with Gasteiger partial charge in [0.05, 0.1) is 14.2 Å². The van der Waals surface area contributed by atoms with Crippen molar-refractivity contribution in [3.05, 3.63) is 23.8 Å². The Balaban J connectivity index is 2.86. The Bertz CT molecular complexity index is 453. The third-order valence-corrected chi connectivity index (χ3v) is 2.98. The van der Waals surface area contributed by atoms with Gasteiger partial charge in [0.25, 0.3) is 0 Å². The molecule has 0 fully saturated rings. The molecule has 0 saturated carbocycles. The van der Waals surface area contributed by atoms with Crippen LogP contribution in [0.5, 0.6) is 11.5 Å². The largest absolute Gasteiger partial charge is 0.497 e. The average Bonchev–Trinajstić information content (AvgIpc) is 2.37. The van der Waals surface area contributed by atoms with Crippen LogP contribution in [0, 0.1) is 5.92 Å². The molecule has 0 heterocycles. The zero-order valence-electron chi connectivity index (χ0n) is 11.3. The molecule has 0 bridgehead atoms. The van der Waals surface area contributed by atoms with E-state index < -0.39 is 11.9 Å². The van der Waals surface area contributed by atoms with Crippen LogP contribution in [0.4, 0.5) is 0 Å². The van der Waals surface area contributed by atoms with Crippen molar-refractivity contribution < 1.29 is 24.2 Å². The fourth-order valence-corrected chi connectivity index (χ4v) is 1.88. The minimum absolute atomic E-state index is 0.244. The van der Waals surface area contributed by atoms with E-state index in [9.17, 15) is 9.59 Å². The quantitative estimate of drug-likeness (QED) is 0.763. The van der Waals surface area contributed by atoms with Gasteiger partial charge in [-0.1, -0.05) is 0 Å². The van der Waals surface area contributed by atoms with Crippen LogP contribution >= 0.6 is 0 Å². The SMILES string of the molecule is COc1ccc(OC)c(CCC(C(C)=O)C(=O)O)c1. The second kappa shape index (κ2) is 6.78. The summed E-state index contributed by atoms with van der Waals surface area (Å²) >= 11 is 0. The van der Waals surface area contributed by atoms with Crippen LogP contribution in [0.1, 0.15) is 18.9 Å². The van der Waals surface area contributed by atoms with Gasteiger partial charge in [-0.05, 0) is 43.5 Å². The van der Waals surface area contributed by atoms with Crippen LogP contribution in [-0.2, 0) is 16.0 Å². The van der Waals surface area contributed by atoms with Gasteiger partial charge < -0.3 is 14.6 Å². The second-order valence-electron chi connectivity index (χ2n) is 4.22. The molecule has 0 aliphatic rings. The van der Waals surface area contributed by atoms with E-state index in [0.29, 0.717) is 17.9 Å². The van der Waals surface area contributed by atoms with Crippen molar-refractivity contribution in [2.75, 3.05) is 14.2 Å². The lowest BCUT2D eigenvalue weighted by Gasteiger charge is -2.12. The number of carbonyl (C=O) groups is 2. The summed E-state index contributed by atoms with van der Waals surface area (Å²) in [7, 11) is 3.10. The Morgan fingerprint density at radius 3 is 2.42 bits per heavy atom. The summed E-state index contributed by atoms with van der Waals surface area (Å²) in [5.74, 6) is -1.07. The molecule has 5 heteroatoms. The number of carbonyl (C=O) groups excluding carboxylic acids is 1. The maximum atomic E-state index is 11.2. The number of ether oxygens (including phenoxy) is 2. The highest BCUT2D eigenvalue weighted by molar-refractivity contribution is 5.96. The van der Waals surface area contributed by atoms with E-state index in [1.165, 1.54) is 6.92 Å². The highest BCUT2D eigenvalue weighted by Crippen LogP contribution is 2.26. The predicted octanol–water partition coefficient (Wildman–Crippen LogP) is 1.93. The number of benzene rings is 1. The second-order valence-corrected chi connectivity index (χ2v) is 4.22. The molecule has 0 aliphatic heterocycles. The smallest absolute Gasteiger partial charge is 0.314 e. The first-order valence-electron chi connectivity index (χ1n) is 5.93. The summed E-state index contributed by atoms with van der Waals surface area (Å²) in [6, 6.07) is 5.32. The van der Waals surface area contributed by atoms with Gasteiger partial charge in [-0.15, -0.1) is 0 Å². The van der Waals surface area contributed by atoms with E-state index in [0.717, 1.165) is 5.56 Å². The molecular weight excluding hydrogens is 248 g/mol. The molecule has 19 heavy (non-hydrogen) atoms. The standard InChI is InChI=1S/C14H18O5/c1-9(15)12(14(16)17)6-4-10-8-11(18-2)5-7-13(10)19-3/h5,7-8,12H,4,6H2,1-3H3,(H,16,17). The Morgan fingerprint density at radius 2 is 1.95 bits per heavy atom. The molecule has 104 valence electrons. The average molecular weight is 266 g/mol. The molecule has 0 aromatic heterocycles. The summed E-state index contributed by atoms with van der Waals surface area (Å²) < 4.78 is 10.3. The Morgan fingerprint density at radius 1 is 1.26 bits per heavy atom. The van der Waals surface area contributed by atoms with Gasteiger partial charge in [0.1, 0.15) is 23.2 Å². The lowest BCUT2D eigenvalue weighted by Crippen LogP contribution is -2.22. The molecule has 1 unspecified atom stereocenters. The van der Waals surface area contributed by atoms with Crippen molar-refractivity contribution in [1.82, 2.24) is 0 Å². The van der Waals surface area contributed by atoms with Gasteiger partial charge in [-0.3, -0.25) is 9.59 Å². The van der Waals surface area contributed by atoms with Crippen molar-refractivity contribution in [1.29, 1.82) is 0 Å². The van der Waals surface area contributed by atoms with E-state index in [1.807, 2.05) is 0 Å². The number of rotatable bonds is 7. The first-order chi connectivity index (χ1) is 8.99. The molecule has 5 nitrogen and oxygen atoms in total. The lowest BCUT2D eigenvalue weighted by molar-refractivity contribution is -0.145. The lowest BCUT2D eigenvalue weighted by atomic mass is 9.96. The highest BCUT2D eigenvalue weighted by Gasteiger charge is 2.22. The summed E-state index contributed by atoms with van der Waals surface area (Å²) in [5, 5.41) is 8.97. The van der Waals surface area contributed by atoms with Crippen molar-refractivity contribution in [3.63, 3.8) is 0 Å². The molecule has 1 aromatic carbocycles.